The van der Waals surface area contributed by atoms with Crippen LogP contribution < -0.4 is 5.32 Å². The Morgan fingerprint density at radius 3 is 2.42 bits per heavy atom. The molecule has 2 N–H and O–H groups in total. The average Bonchev–Trinajstić information content (AvgIpc) is 2.65. The summed E-state index contributed by atoms with van der Waals surface area (Å²) in [7, 11) is 0. The number of urea groups is 1. The third-order valence-corrected chi connectivity index (χ3v) is 4.15. The predicted octanol–water partition coefficient (Wildman–Crippen LogP) is 3.09. The van der Waals surface area contributed by atoms with E-state index in [0.717, 1.165) is 11.1 Å². The summed E-state index contributed by atoms with van der Waals surface area (Å²) in [5.41, 5.74) is 2.07. The lowest BCUT2D eigenvalue weighted by Gasteiger charge is -2.25. The first-order valence-electron chi connectivity index (χ1n) is 8.78. The maximum atomic E-state index is 12.7. The third kappa shape index (κ3) is 6.55. The number of aliphatic carboxylic acids is 1. The van der Waals surface area contributed by atoms with Crippen molar-refractivity contribution in [3.05, 3.63) is 66.0 Å². The summed E-state index contributed by atoms with van der Waals surface area (Å²) in [6.07, 6.45) is 4.42. The van der Waals surface area contributed by atoms with Crippen molar-refractivity contribution in [3.63, 3.8) is 0 Å². The molecule has 0 aliphatic carbocycles. The largest absolute Gasteiger partial charge is 0.481 e. The number of carboxylic acids is 1. The van der Waals surface area contributed by atoms with Crippen molar-refractivity contribution in [1.82, 2.24) is 15.2 Å². The standard InChI is InChI=1S/C20H25N3O3/c1-2-23(15-17-10-12-21-13-11-17)20(26)22-18(8-9-19(24)25)14-16-6-4-3-5-7-16/h3-7,10-13,18H,2,8-9,14-15H2,1H3,(H,22,26)(H,24,25). The Hall–Kier alpha value is -2.89. The van der Waals surface area contributed by atoms with Gasteiger partial charge in [-0.3, -0.25) is 9.78 Å². The van der Waals surface area contributed by atoms with Gasteiger partial charge < -0.3 is 15.3 Å². The van der Waals surface area contributed by atoms with E-state index in [1.54, 1.807) is 17.3 Å². The van der Waals surface area contributed by atoms with Crippen molar-refractivity contribution in [2.45, 2.75) is 38.8 Å². The van der Waals surface area contributed by atoms with Crippen LogP contribution in [0.2, 0.25) is 0 Å². The number of hydrogen-bond donors (Lipinski definition) is 2. The Bertz CT molecular complexity index is 692. The summed E-state index contributed by atoms with van der Waals surface area (Å²) in [5, 5.41) is 12.0. The van der Waals surface area contributed by atoms with Crippen molar-refractivity contribution in [1.29, 1.82) is 0 Å². The first-order chi connectivity index (χ1) is 12.6. The predicted molar refractivity (Wildman–Crippen MR) is 99.7 cm³/mol. The van der Waals surface area contributed by atoms with Crippen molar-refractivity contribution in [2.75, 3.05) is 6.54 Å². The minimum Gasteiger partial charge on any atom is -0.481 e. The molecule has 0 fully saturated rings. The van der Waals surface area contributed by atoms with Crippen LogP contribution in [-0.2, 0) is 17.8 Å². The molecule has 138 valence electrons. The fraction of sp³-hybridized carbons (Fsp3) is 0.350. The number of amides is 2. The number of carboxylic acid groups (broad SMARTS) is 1. The zero-order chi connectivity index (χ0) is 18.8. The van der Waals surface area contributed by atoms with E-state index >= 15 is 0 Å². The van der Waals surface area contributed by atoms with E-state index in [0.29, 0.717) is 25.9 Å². The molecule has 0 saturated heterocycles. The zero-order valence-corrected chi connectivity index (χ0v) is 15.0. The number of rotatable bonds is 9. The van der Waals surface area contributed by atoms with Crippen LogP contribution in [0.1, 0.15) is 30.9 Å². The van der Waals surface area contributed by atoms with Gasteiger partial charge in [0.15, 0.2) is 0 Å². The van der Waals surface area contributed by atoms with Gasteiger partial charge in [0.1, 0.15) is 0 Å². The molecular formula is C20H25N3O3. The van der Waals surface area contributed by atoms with Crippen LogP contribution in [0.25, 0.3) is 0 Å². The van der Waals surface area contributed by atoms with Gasteiger partial charge in [-0.25, -0.2) is 4.79 Å². The average molecular weight is 355 g/mol. The van der Waals surface area contributed by atoms with Gasteiger partial charge in [-0.1, -0.05) is 30.3 Å². The van der Waals surface area contributed by atoms with Crippen LogP contribution in [0.15, 0.2) is 54.9 Å². The van der Waals surface area contributed by atoms with Crippen LogP contribution in [0.4, 0.5) is 4.79 Å². The van der Waals surface area contributed by atoms with Crippen molar-refractivity contribution in [3.8, 4) is 0 Å². The molecule has 0 radical (unpaired) electrons. The molecular weight excluding hydrogens is 330 g/mol. The van der Waals surface area contributed by atoms with E-state index in [4.69, 9.17) is 5.11 Å². The fourth-order valence-electron chi connectivity index (χ4n) is 2.72. The lowest BCUT2D eigenvalue weighted by atomic mass is 10.0. The minimum absolute atomic E-state index is 0.0221. The van der Waals surface area contributed by atoms with Crippen molar-refractivity contribution >= 4 is 12.0 Å². The van der Waals surface area contributed by atoms with Gasteiger partial charge in [0, 0.05) is 37.9 Å². The quantitative estimate of drug-likeness (QED) is 0.724. The monoisotopic (exact) mass is 355 g/mol. The minimum atomic E-state index is -0.860. The third-order valence-electron chi connectivity index (χ3n) is 4.15. The maximum absolute atomic E-state index is 12.7. The summed E-state index contributed by atoms with van der Waals surface area (Å²) in [5.74, 6) is -0.860. The van der Waals surface area contributed by atoms with Gasteiger partial charge >= 0.3 is 12.0 Å². The van der Waals surface area contributed by atoms with Gasteiger partial charge in [0.05, 0.1) is 0 Å². The highest BCUT2D eigenvalue weighted by Crippen LogP contribution is 2.10. The molecule has 6 nitrogen and oxygen atoms in total. The highest BCUT2D eigenvalue weighted by molar-refractivity contribution is 5.74. The maximum Gasteiger partial charge on any atom is 0.317 e. The zero-order valence-electron chi connectivity index (χ0n) is 15.0. The molecule has 0 aliphatic rings. The van der Waals surface area contributed by atoms with Crippen molar-refractivity contribution in [2.24, 2.45) is 0 Å². The van der Waals surface area contributed by atoms with Crippen LogP contribution in [0.5, 0.6) is 0 Å². The summed E-state index contributed by atoms with van der Waals surface area (Å²) in [6.45, 7) is 2.97. The Morgan fingerprint density at radius 2 is 1.81 bits per heavy atom. The highest BCUT2D eigenvalue weighted by atomic mass is 16.4. The second-order valence-corrected chi connectivity index (χ2v) is 6.14. The molecule has 6 heteroatoms. The number of pyridine rings is 1. The molecule has 0 saturated carbocycles. The molecule has 0 bridgehead atoms. The number of carbonyl (C=O) groups is 2. The van der Waals surface area contributed by atoms with Crippen LogP contribution in [0, 0.1) is 0 Å². The highest BCUT2D eigenvalue weighted by Gasteiger charge is 2.18. The smallest absolute Gasteiger partial charge is 0.317 e. The molecule has 2 aromatic rings. The van der Waals surface area contributed by atoms with E-state index in [1.807, 2.05) is 49.4 Å². The Balaban J connectivity index is 2.01. The van der Waals surface area contributed by atoms with E-state index in [2.05, 4.69) is 10.3 Å². The molecule has 0 aliphatic heterocycles. The number of nitrogens with zero attached hydrogens (tertiary/aromatic N) is 2. The number of benzene rings is 1. The Labute approximate surface area is 153 Å². The fourth-order valence-corrected chi connectivity index (χ4v) is 2.72. The molecule has 26 heavy (non-hydrogen) atoms. The number of hydrogen-bond acceptors (Lipinski definition) is 3. The summed E-state index contributed by atoms with van der Waals surface area (Å²) in [4.78, 5) is 29.3. The summed E-state index contributed by atoms with van der Waals surface area (Å²) < 4.78 is 0. The number of carbonyl (C=O) groups excluding carboxylic acids is 1. The molecule has 1 aromatic carbocycles. The number of aromatic nitrogens is 1. The normalized spacial score (nSPS) is 11.6. The van der Waals surface area contributed by atoms with E-state index in [9.17, 15) is 9.59 Å². The molecule has 1 heterocycles. The Kier molecular flexibility index (Phi) is 7.61. The van der Waals surface area contributed by atoms with Gasteiger partial charge in [-0.05, 0) is 43.0 Å². The summed E-state index contributed by atoms with van der Waals surface area (Å²) in [6, 6.07) is 13.1. The molecule has 1 unspecified atom stereocenters. The second-order valence-electron chi connectivity index (χ2n) is 6.14. The molecule has 0 spiro atoms. The van der Waals surface area contributed by atoms with Gasteiger partial charge in [-0.2, -0.15) is 0 Å². The first kappa shape index (κ1) is 19.4. The molecule has 1 aromatic heterocycles. The van der Waals surface area contributed by atoms with Crippen LogP contribution in [-0.4, -0.2) is 39.6 Å². The molecule has 1 atom stereocenters. The summed E-state index contributed by atoms with van der Waals surface area (Å²) >= 11 is 0. The van der Waals surface area contributed by atoms with E-state index in [1.165, 1.54) is 0 Å². The van der Waals surface area contributed by atoms with Crippen LogP contribution in [0.3, 0.4) is 0 Å². The Morgan fingerprint density at radius 1 is 1.12 bits per heavy atom. The van der Waals surface area contributed by atoms with Gasteiger partial charge in [-0.15, -0.1) is 0 Å². The van der Waals surface area contributed by atoms with E-state index in [-0.39, 0.29) is 18.5 Å². The SMILES string of the molecule is CCN(Cc1ccncc1)C(=O)NC(CCC(=O)O)Cc1ccccc1. The van der Waals surface area contributed by atoms with Gasteiger partial charge in [0.2, 0.25) is 0 Å². The van der Waals surface area contributed by atoms with Gasteiger partial charge in [0.25, 0.3) is 0 Å². The van der Waals surface area contributed by atoms with Crippen molar-refractivity contribution < 1.29 is 14.7 Å². The lowest BCUT2D eigenvalue weighted by molar-refractivity contribution is -0.137. The first-order valence-corrected chi connectivity index (χ1v) is 8.78. The molecule has 2 amide bonds. The number of nitrogens with one attached hydrogen (secondary N) is 1. The topological polar surface area (TPSA) is 82.5 Å². The van der Waals surface area contributed by atoms with E-state index < -0.39 is 5.97 Å². The van der Waals surface area contributed by atoms with Crippen LogP contribution >= 0.6 is 0 Å². The lowest BCUT2D eigenvalue weighted by Crippen LogP contribution is -2.45. The second kappa shape index (κ2) is 10.2. The molecule has 2 rings (SSSR count).